The molecule has 0 aromatic heterocycles. The molecule has 0 spiro atoms. The van der Waals surface area contributed by atoms with Gasteiger partial charge >= 0.3 is 0 Å². The number of hydrogen-bond donors (Lipinski definition) is 1. The van der Waals surface area contributed by atoms with Crippen molar-refractivity contribution in [3.63, 3.8) is 0 Å². The average molecular weight is 171 g/mol. The number of hydrogen-bond acceptors (Lipinski definition) is 2. The van der Waals surface area contributed by atoms with E-state index in [0.717, 1.165) is 19.6 Å². The molecular formula is C10H21NO. The Morgan fingerprint density at radius 2 is 1.83 bits per heavy atom. The predicted molar refractivity (Wildman–Crippen MR) is 51.1 cm³/mol. The molecular weight excluding hydrogens is 150 g/mol. The normalized spacial score (nSPS) is 25.5. The van der Waals surface area contributed by atoms with Gasteiger partial charge < -0.3 is 5.11 Å². The first kappa shape index (κ1) is 10.0. The summed E-state index contributed by atoms with van der Waals surface area (Å²) in [5.74, 6) is 0.383. The SMILES string of the molecule is CC(C)C(O)CN1CC(C)(C)C1. The van der Waals surface area contributed by atoms with Gasteiger partial charge in [0.2, 0.25) is 0 Å². The summed E-state index contributed by atoms with van der Waals surface area (Å²) in [4.78, 5) is 2.32. The molecule has 12 heavy (non-hydrogen) atoms. The van der Waals surface area contributed by atoms with Crippen LogP contribution in [0.2, 0.25) is 0 Å². The highest BCUT2D eigenvalue weighted by molar-refractivity contribution is 4.88. The fourth-order valence-corrected chi connectivity index (χ4v) is 1.77. The van der Waals surface area contributed by atoms with E-state index in [-0.39, 0.29) is 6.10 Å². The van der Waals surface area contributed by atoms with Crippen LogP contribution in [0.4, 0.5) is 0 Å². The van der Waals surface area contributed by atoms with E-state index in [2.05, 4.69) is 32.6 Å². The Morgan fingerprint density at radius 3 is 2.17 bits per heavy atom. The standard InChI is InChI=1S/C10H21NO/c1-8(2)9(12)5-11-6-10(3,4)7-11/h8-9,12H,5-7H2,1-4H3. The number of nitrogens with zero attached hydrogens (tertiary/aromatic N) is 1. The van der Waals surface area contributed by atoms with E-state index in [9.17, 15) is 5.11 Å². The van der Waals surface area contributed by atoms with Gasteiger partial charge in [-0.05, 0) is 11.3 Å². The van der Waals surface area contributed by atoms with Crippen molar-refractivity contribution in [3.05, 3.63) is 0 Å². The summed E-state index contributed by atoms with van der Waals surface area (Å²) in [7, 11) is 0. The van der Waals surface area contributed by atoms with Crippen molar-refractivity contribution in [2.75, 3.05) is 19.6 Å². The zero-order valence-electron chi connectivity index (χ0n) is 8.67. The first-order valence-electron chi connectivity index (χ1n) is 4.81. The molecule has 72 valence electrons. The molecule has 1 N–H and O–H groups in total. The molecule has 2 heteroatoms. The second-order valence-corrected chi connectivity index (χ2v) is 5.15. The van der Waals surface area contributed by atoms with E-state index in [1.807, 2.05) is 0 Å². The fourth-order valence-electron chi connectivity index (χ4n) is 1.77. The highest BCUT2D eigenvalue weighted by Gasteiger charge is 2.34. The van der Waals surface area contributed by atoms with Crippen LogP contribution in [-0.2, 0) is 0 Å². The maximum absolute atomic E-state index is 9.59. The maximum Gasteiger partial charge on any atom is 0.0689 e. The minimum absolute atomic E-state index is 0.152. The first-order valence-corrected chi connectivity index (χ1v) is 4.81. The minimum Gasteiger partial charge on any atom is -0.392 e. The molecule has 1 heterocycles. The topological polar surface area (TPSA) is 23.5 Å². The van der Waals surface area contributed by atoms with Gasteiger partial charge in [0.15, 0.2) is 0 Å². The summed E-state index contributed by atoms with van der Waals surface area (Å²) in [6, 6.07) is 0. The Labute approximate surface area is 75.6 Å². The van der Waals surface area contributed by atoms with Crippen LogP contribution in [0.5, 0.6) is 0 Å². The largest absolute Gasteiger partial charge is 0.392 e. The summed E-state index contributed by atoms with van der Waals surface area (Å²) < 4.78 is 0. The zero-order chi connectivity index (χ0) is 9.35. The van der Waals surface area contributed by atoms with Crippen LogP contribution in [0.25, 0.3) is 0 Å². The van der Waals surface area contributed by atoms with Gasteiger partial charge in [-0.3, -0.25) is 4.90 Å². The molecule has 1 rings (SSSR count). The molecule has 1 aliphatic heterocycles. The summed E-state index contributed by atoms with van der Waals surface area (Å²) in [6.45, 7) is 11.8. The third kappa shape index (κ3) is 2.46. The monoisotopic (exact) mass is 171 g/mol. The number of β-amino-alcohol motifs (C(OH)–C–C–N with tert-alkyl or cyclic N) is 1. The smallest absolute Gasteiger partial charge is 0.0689 e. The first-order chi connectivity index (χ1) is 5.41. The van der Waals surface area contributed by atoms with Crippen molar-refractivity contribution >= 4 is 0 Å². The summed E-state index contributed by atoms with van der Waals surface area (Å²) >= 11 is 0. The third-order valence-corrected chi connectivity index (χ3v) is 2.52. The van der Waals surface area contributed by atoms with E-state index >= 15 is 0 Å². The van der Waals surface area contributed by atoms with Crippen LogP contribution in [0.1, 0.15) is 27.7 Å². The van der Waals surface area contributed by atoms with Crippen LogP contribution in [0.3, 0.4) is 0 Å². The molecule has 0 aromatic rings. The van der Waals surface area contributed by atoms with E-state index in [1.165, 1.54) is 0 Å². The van der Waals surface area contributed by atoms with Crippen molar-refractivity contribution in [2.45, 2.75) is 33.8 Å². The lowest BCUT2D eigenvalue weighted by Gasteiger charge is -2.47. The van der Waals surface area contributed by atoms with Crippen LogP contribution in [-0.4, -0.2) is 35.7 Å². The summed E-state index contributed by atoms with van der Waals surface area (Å²) in [6.07, 6.45) is -0.152. The Kier molecular flexibility index (Phi) is 2.79. The number of aliphatic hydroxyl groups is 1. The van der Waals surface area contributed by atoms with Crippen molar-refractivity contribution in [1.82, 2.24) is 4.90 Å². The lowest BCUT2D eigenvalue weighted by molar-refractivity contribution is -0.0167. The lowest BCUT2D eigenvalue weighted by Crippen LogP contribution is -2.55. The Morgan fingerprint density at radius 1 is 1.33 bits per heavy atom. The van der Waals surface area contributed by atoms with Crippen LogP contribution >= 0.6 is 0 Å². The molecule has 0 amide bonds. The Bertz CT molecular complexity index is 146. The van der Waals surface area contributed by atoms with Crippen LogP contribution in [0, 0.1) is 11.3 Å². The second kappa shape index (κ2) is 3.35. The van der Waals surface area contributed by atoms with Crippen molar-refractivity contribution in [3.8, 4) is 0 Å². The average Bonchev–Trinajstić information content (AvgIpc) is 1.83. The van der Waals surface area contributed by atoms with E-state index in [4.69, 9.17) is 0 Å². The Balaban J connectivity index is 2.19. The van der Waals surface area contributed by atoms with Gasteiger partial charge in [0.05, 0.1) is 6.10 Å². The molecule has 1 atom stereocenters. The molecule has 0 radical (unpaired) electrons. The van der Waals surface area contributed by atoms with Crippen molar-refractivity contribution in [1.29, 1.82) is 0 Å². The molecule has 1 unspecified atom stereocenters. The zero-order valence-corrected chi connectivity index (χ0v) is 8.67. The predicted octanol–water partition coefficient (Wildman–Crippen LogP) is 1.35. The molecule has 2 nitrogen and oxygen atoms in total. The van der Waals surface area contributed by atoms with Gasteiger partial charge in [-0.15, -0.1) is 0 Å². The molecule has 0 aliphatic carbocycles. The van der Waals surface area contributed by atoms with Crippen LogP contribution in [0.15, 0.2) is 0 Å². The molecule has 1 fully saturated rings. The highest BCUT2D eigenvalue weighted by Crippen LogP contribution is 2.28. The van der Waals surface area contributed by atoms with Gasteiger partial charge in [-0.2, -0.15) is 0 Å². The van der Waals surface area contributed by atoms with Gasteiger partial charge in [-0.25, -0.2) is 0 Å². The summed E-state index contributed by atoms with van der Waals surface area (Å²) in [5.41, 5.74) is 0.483. The second-order valence-electron chi connectivity index (χ2n) is 5.15. The molecule has 1 aliphatic rings. The Hall–Kier alpha value is -0.0800. The van der Waals surface area contributed by atoms with Gasteiger partial charge in [0.25, 0.3) is 0 Å². The highest BCUT2D eigenvalue weighted by atomic mass is 16.3. The lowest BCUT2D eigenvalue weighted by atomic mass is 9.84. The van der Waals surface area contributed by atoms with Crippen molar-refractivity contribution in [2.24, 2.45) is 11.3 Å². The molecule has 0 saturated carbocycles. The third-order valence-electron chi connectivity index (χ3n) is 2.52. The van der Waals surface area contributed by atoms with Gasteiger partial charge in [-0.1, -0.05) is 27.7 Å². The van der Waals surface area contributed by atoms with Gasteiger partial charge in [0, 0.05) is 19.6 Å². The number of rotatable bonds is 3. The van der Waals surface area contributed by atoms with Gasteiger partial charge in [0.1, 0.15) is 0 Å². The molecule has 1 saturated heterocycles. The minimum atomic E-state index is -0.152. The van der Waals surface area contributed by atoms with E-state index in [1.54, 1.807) is 0 Å². The molecule has 0 aromatic carbocycles. The van der Waals surface area contributed by atoms with Crippen LogP contribution < -0.4 is 0 Å². The fraction of sp³-hybridized carbons (Fsp3) is 1.00. The maximum atomic E-state index is 9.59. The number of likely N-dealkylation sites (tertiary alicyclic amines) is 1. The quantitative estimate of drug-likeness (QED) is 0.693. The number of aliphatic hydroxyl groups excluding tert-OH is 1. The summed E-state index contributed by atoms with van der Waals surface area (Å²) in [5, 5.41) is 9.59. The molecule has 0 bridgehead atoms. The van der Waals surface area contributed by atoms with E-state index < -0.39 is 0 Å². The van der Waals surface area contributed by atoms with E-state index in [0.29, 0.717) is 11.3 Å². The van der Waals surface area contributed by atoms with Crippen molar-refractivity contribution < 1.29 is 5.11 Å².